The first kappa shape index (κ1) is 18.4. The lowest BCUT2D eigenvalue weighted by Gasteiger charge is -2.26. The summed E-state index contributed by atoms with van der Waals surface area (Å²) in [6.45, 7) is 4.35. The van der Waals surface area contributed by atoms with Crippen molar-refractivity contribution in [2.75, 3.05) is 58.4 Å². The highest BCUT2D eigenvalue weighted by atomic mass is 16.5. The molecule has 1 saturated heterocycles. The summed E-state index contributed by atoms with van der Waals surface area (Å²) in [5.74, 6) is 0.00103. The third-order valence-corrected chi connectivity index (χ3v) is 4.47. The molecule has 2 aliphatic rings. The zero-order chi connectivity index (χ0) is 18.4. The smallest absolute Gasteiger partial charge is 0.322 e. The van der Waals surface area contributed by atoms with Gasteiger partial charge in [-0.1, -0.05) is 6.08 Å². The van der Waals surface area contributed by atoms with Gasteiger partial charge in [-0.3, -0.25) is 9.48 Å². The summed E-state index contributed by atoms with van der Waals surface area (Å²) in [6, 6.07) is -0.170. The molecule has 0 atom stereocenters. The van der Waals surface area contributed by atoms with E-state index in [1.54, 1.807) is 34.0 Å². The Labute approximate surface area is 152 Å². The molecule has 26 heavy (non-hydrogen) atoms. The van der Waals surface area contributed by atoms with Crippen LogP contribution in [0.4, 0.5) is 10.5 Å². The summed E-state index contributed by atoms with van der Waals surface area (Å²) in [5, 5.41) is 6.99. The number of urea groups is 1. The van der Waals surface area contributed by atoms with E-state index in [2.05, 4.69) is 10.4 Å². The van der Waals surface area contributed by atoms with Crippen LogP contribution >= 0.6 is 0 Å². The number of ether oxygens (including phenoxy) is 2. The minimum absolute atomic E-state index is 0.00103. The highest BCUT2D eigenvalue weighted by Crippen LogP contribution is 2.13. The molecule has 2 aliphatic heterocycles. The van der Waals surface area contributed by atoms with Crippen molar-refractivity contribution in [2.24, 2.45) is 0 Å². The molecular formula is C17H25N5O4. The first-order valence-electron chi connectivity index (χ1n) is 8.76. The van der Waals surface area contributed by atoms with Crippen LogP contribution in [0.5, 0.6) is 0 Å². The van der Waals surface area contributed by atoms with Crippen molar-refractivity contribution < 1.29 is 19.1 Å². The zero-order valence-electron chi connectivity index (χ0n) is 15.0. The fourth-order valence-corrected chi connectivity index (χ4v) is 2.98. The Hall–Kier alpha value is -2.39. The highest BCUT2D eigenvalue weighted by Gasteiger charge is 2.19. The SMILES string of the molecule is COCC1=CCN(C(=O)Nc2cnn(CC(=O)N3CCOCC3)c2)CC1. The Morgan fingerprint density at radius 1 is 1.27 bits per heavy atom. The lowest BCUT2D eigenvalue weighted by Crippen LogP contribution is -2.42. The van der Waals surface area contributed by atoms with Crippen molar-refractivity contribution in [2.45, 2.75) is 13.0 Å². The molecule has 3 heterocycles. The summed E-state index contributed by atoms with van der Waals surface area (Å²) in [4.78, 5) is 28.1. The van der Waals surface area contributed by atoms with Gasteiger partial charge in [-0.2, -0.15) is 5.10 Å². The molecule has 0 unspecified atom stereocenters. The molecular weight excluding hydrogens is 338 g/mol. The monoisotopic (exact) mass is 363 g/mol. The third kappa shape index (κ3) is 4.83. The normalized spacial score (nSPS) is 17.8. The first-order chi connectivity index (χ1) is 12.7. The van der Waals surface area contributed by atoms with Crippen LogP contribution in [0.3, 0.4) is 0 Å². The quantitative estimate of drug-likeness (QED) is 0.772. The summed E-state index contributed by atoms with van der Waals surface area (Å²) >= 11 is 0. The Morgan fingerprint density at radius 3 is 2.77 bits per heavy atom. The standard InChI is InChI=1S/C17H25N5O4/c1-25-13-14-2-4-21(5-3-14)17(24)19-15-10-18-22(11-15)12-16(23)20-6-8-26-9-7-20/h2,10-11H,3-9,12-13H2,1H3,(H,19,24). The van der Waals surface area contributed by atoms with Gasteiger partial charge in [-0.25, -0.2) is 4.79 Å². The predicted octanol–water partition coefficient (Wildman–Crippen LogP) is 0.552. The molecule has 1 N–H and O–H groups in total. The van der Waals surface area contributed by atoms with Crippen LogP contribution in [-0.2, 0) is 20.8 Å². The molecule has 0 saturated carbocycles. The van der Waals surface area contributed by atoms with Gasteiger partial charge in [0.25, 0.3) is 0 Å². The second-order valence-electron chi connectivity index (χ2n) is 6.34. The topological polar surface area (TPSA) is 88.9 Å². The number of amides is 3. The molecule has 0 bridgehead atoms. The summed E-state index contributed by atoms with van der Waals surface area (Å²) in [7, 11) is 1.67. The van der Waals surface area contributed by atoms with Gasteiger partial charge in [0, 0.05) is 39.5 Å². The zero-order valence-corrected chi connectivity index (χ0v) is 15.0. The van der Waals surface area contributed by atoms with Crippen LogP contribution in [0, 0.1) is 0 Å². The van der Waals surface area contributed by atoms with Gasteiger partial charge in [-0.05, 0) is 12.0 Å². The second kappa shape index (κ2) is 8.81. The number of morpholine rings is 1. The summed E-state index contributed by atoms with van der Waals surface area (Å²) < 4.78 is 11.9. The molecule has 0 spiro atoms. The number of methoxy groups -OCH3 is 1. The van der Waals surface area contributed by atoms with Crippen molar-refractivity contribution in [3.8, 4) is 0 Å². The van der Waals surface area contributed by atoms with E-state index in [9.17, 15) is 9.59 Å². The number of anilines is 1. The summed E-state index contributed by atoms with van der Waals surface area (Å²) in [6.07, 6.45) is 6.07. The number of aromatic nitrogens is 2. The van der Waals surface area contributed by atoms with Crippen molar-refractivity contribution in [3.05, 3.63) is 24.0 Å². The molecule has 1 fully saturated rings. The van der Waals surface area contributed by atoms with E-state index in [0.29, 0.717) is 51.7 Å². The van der Waals surface area contributed by atoms with Crippen molar-refractivity contribution in [3.63, 3.8) is 0 Å². The van der Waals surface area contributed by atoms with E-state index < -0.39 is 0 Å². The van der Waals surface area contributed by atoms with E-state index in [1.165, 1.54) is 5.57 Å². The predicted molar refractivity (Wildman–Crippen MR) is 94.8 cm³/mol. The average molecular weight is 363 g/mol. The minimum Gasteiger partial charge on any atom is -0.380 e. The van der Waals surface area contributed by atoms with Crippen LogP contribution in [-0.4, -0.2) is 84.6 Å². The Balaban J connectivity index is 1.49. The molecule has 3 amide bonds. The van der Waals surface area contributed by atoms with Crippen LogP contribution in [0.15, 0.2) is 24.0 Å². The number of rotatable bonds is 5. The molecule has 3 rings (SSSR count). The van der Waals surface area contributed by atoms with Crippen molar-refractivity contribution in [1.82, 2.24) is 19.6 Å². The van der Waals surface area contributed by atoms with Crippen LogP contribution in [0.2, 0.25) is 0 Å². The van der Waals surface area contributed by atoms with E-state index in [1.807, 2.05) is 6.08 Å². The first-order valence-corrected chi connectivity index (χ1v) is 8.76. The van der Waals surface area contributed by atoms with Gasteiger partial charge in [0.05, 0.1) is 31.7 Å². The molecule has 0 aliphatic carbocycles. The number of hydrogen-bond donors (Lipinski definition) is 1. The van der Waals surface area contributed by atoms with Gasteiger partial charge in [0.2, 0.25) is 5.91 Å². The fraction of sp³-hybridized carbons (Fsp3) is 0.588. The number of hydrogen-bond acceptors (Lipinski definition) is 5. The summed E-state index contributed by atoms with van der Waals surface area (Å²) in [5.41, 5.74) is 1.79. The minimum atomic E-state index is -0.170. The number of nitrogens with zero attached hydrogens (tertiary/aromatic N) is 4. The Bertz CT molecular complexity index is 666. The number of carbonyl (C=O) groups excluding carboxylic acids is 2. The van der Waals surface area contributed by atoms with Gasteiger partial charge in [0.15, 0.2) is 0 Å². The molecule has 1 aromatic rings. The molecule has 142 valence electrons. The van der Waals surface area contributed by atoms with E-state index in [-0.39, 0.29) is 18.5 Å². The highest BCUT2D eigenvalue weighted by molar-refractivity contribution is 5.89. The largest absolute Gasteiger partial charge is 0.380 e. The van der Waals surface area contributed by atoms with Crippen molar-refractivity contribution >= 4 is 17.6 Å². The lowest BCUT2D eigenvalue weighted by atomic mass is 10.1. The van der Waals surface area contributed by atoms with E-state index in [4.69, 9.17) is 9.47 Å². The average Bonchev–Trinajstić information content (AvgIpc) is 3.10. The third-order valence-electron chi connectivity index (χ3n) is 4.47. The lowest BCUT2D eigenvalue weighted by molar-refractivity contribution is -0.136. The number of nitrogens with one attached hydrogen (secondary N) is 1. The van der Waals surface area contributed by atoms with Gasteiger partial charge in [-0.15, -0.1) is 0 Å². The Kier molecular flexibility index (Phi) is 6.24. The maximum absolute atomic E-state index is 12.3. The number of carbonyl (C=O) groups is 2. The van der Waals surface area contributed by atoms with Crippen molar-refractivity contribution in [1.29, 1.82) is 0 Å². The van der Waals surface area contributed by atoms with Crippen LogP contribution < -0.4 is 5.32 Å². The molecule has 0 aromatic carbocycles. The fourth-order valence-electron chi connectivity index (χ4n) is 2.98. The maximum Gasteiger partial charge on any atom is 0.322 e. The Morgan fingerprint density at radius 2 is 2.08 bits per heavy atom. The van der Waals surface area contributed by atoms with Crippen LogP contribution in [0.1, 0.15) is 6.42 Å². The van der Waals surface area contributed by atoms with Crippen LogP contribution in [0.25, 0.3) is 0 Å². The molecule has 1 aromatic heterocycles. The molecule has 9 heteroatoms. The molecule has 9 nitrogen and oxygen atoms in total. The van der Waals surface area contributed by atoms with Gasteiger partial charge >= 0.3 is 6.03 Å². The van der Waals surface area contributed by atoms with Gasteiger partial charge < -0.3 is 24.6 Å². The maximum atomic E-state index is 12.3. The second-order valence-corrected chi connectivity index (χ2v) is 6.34. The molecule has 0 radical (unpaired) electrons. The van der Waals surface area contributed by atoms with Gasteiger partial charge in [0.1, 0.15) is 6.54 Å². The van der Waals surface area contributed by atoms with E-state index in [0.717, 1.165) is 6.42 Å². The van der Waals surface area contributed by atoms with E-state index >= 15 is 0 Å².